The van der Waals surface area contributed by atoms with E-state index in [-0.39, 0.29) is 0 Å². The van der Waals surface area contributed by atoms with Crippen LogP contribution in [-0.4, -0.2) is 30.8 Å². The van der Waals surface area contributed by atoms with Gasteiger partial charge in [-0.05, 0) is 37.8 Å². The highest BCUT2D eigenvalue weighted by molar-refractivity contribution is 5.92. The topological polar surface area (TPSA) is 136 Å². The fourth-order valence-corrected chi connectivity index (χ4v) is 2.05. The Morgan fingerprint density at radius 2 is 1.88 bits per heavy atom. The molecule has 3 aromatic rings. The van der Waals surface area contributed by atoms with E-state index >= 15 is 0 Å². The molecule has 130 valence electrons. The Hall–Kier alpha value is -3.29. The van der Waals surface area contributed by atoms with Crippen LogP contribution in [0.3, 0.4) is 0 Å². The molecule has 0 aliphatic heterocycles. The molecule has 1 amide bonds. The Labute approximate surface area is 145 Å². The van der Waals surface area contributed by atoms with Gasteiger partial charge < -0.3 is 16.5 Å². The molecule has 0 unspecified atom stereocenters. The average molecular weight is 339 g/mol. The zero-order valence-corrected chi connectivity index (χ0v) is 13.8. The summed E-state index contributed by atoms with van der Waals surface area (Å²) >= 11 is 0. The van der Waals surface area contributed by atoms with Crippen molar-refractivity contribution in [2.45, 2.75) is 25.7 Å². The van der Waals surface area contributed by atoms with Gasteiger partial charge in [0.25, 0.3) is 0 Å². The van der Waals surface area contributed by atoms with Crippen molar-refractivity contribution in [1.82, 2.24) is 24.9 Å². The number of fused-ring (bicyclic) bond motifs is 1. The van der Waals surface area contributed by atoms with Gasteiger partial charge in [-0.3, -0.25) is 9.78 Å². The van der Waals surface area contributed by atoms with Crippen LogP contribution in [0.15, 0.2) is 49.3 Å². The zero-order valence-electron chi connectivity index (χ0n) is 13.8. The van der Waals surface area contributed by atoms with Gasteiger partial charge in [0.15, 0.2) is 11.5 Å². The fraction of sp³-hybridized carbons (Fsp3) is 0.235. The minimum absolute atomic E-state index is 0.433. The molecule has 8 heteroatoms. The molecule has 0 saturated heterocycles. The van der Waals surface area contributed by atoms with Gasteiger partial charge in [-0.2, -0.15) is 0 Å². The van der Waals surface area contributed by atoms with Crippen molar-refractivity contribution < 1.29 is 4.79 Å². The summed E-state index contributed by atoms with van der Waals surface area (Å²) in [6.07, 6.45) is 15.9. The van der Waals surface area contributed by atoms with E-state index in [2.05, 4.69) is 37.1 Å². The van der Waals surface area contributed by atoms with Crippen molar-refractivity contribution in [1.29, 1.82) is 0 Å². The summed E-state index contributed by atoms with van der Waals surface area (Å²) in [6, 6.07) is 3.29. The first kappa shape index (κ1) is 18.1. The molecule has 0 aromatic carbocycles. The van der Waals surface area contributed by atoms with Gasteiger partial charge in [0.1, 0.15) is 11.8 Å². The molecular formula is C17H21N7O. The summed E-state index contributed by atoms with van der Waals surface area (Å²) < 4.78 is 0. The number of hydrogen-bond donors (Lipinski definition) is 3. The first-order valence-corrected chi connectivity index (χ1v) is 7.93. The maximum Gasteiger partial charge on any atom is 0.250 e. The Morgan fingerprint density at radius 1 is 1.12 bits per heavy atom. The summed E-state index contributed by atoms with van der Waals surface area (Å²) in [7, 11) is 0. The molecule has 5 N–H and O–H groups in total. The first-order chi connectivity index (χ1) is 12.2. The number of primary amides is 1. The third-order valence-corrected chi connectivity index (χ3v) is 3.36. The second-order valence-electron chi connectivity index (χ2n) is 5.22. The van der Waals surface area contributed by atoms with Crippen molar-refractivity contribution in [2.75, 3.05) is 5.73 Å². The molecule has 8 nitrogen and oxygen atoms in total. The largest absolute Gasteiger partial charge is 0.382 e. The van der Waals surface area contributed by atoms with E-state index in [0.29, 0.717) is 22.5 Å². The van der Waals surface area contributed by atoms with E-state index in [9.17, 15) is 4.79 Å². The number of nitrogens with two attached hydrogens (primary N) is 2. The lowest BCUT2D eigenvalue weighted by Crippen LogP contribution is -2.10. The van der Waals surface area contributed by atoms with Gasteiger partial charge in [-0.25, -0.2) is 15.0 Å². The molecule has 0 bridgehead atoms. The number of rotatable bonds is 1. The SMILES string of the molecule is C1=CCCCC1.NC(=O)c1cccnc1.Nc1ncnc2nc[nH]c12. The summed E-state index contributed by atoms with van der Waals surface area (Å²) in [6.45, 7) is 0. The van der Waals surface area contributed by atoms with Crippen molar-refractivity contribution in [3.05, 3.63) is 54.9 Å². The molecule has 0 saturated carbocycles. The van der Waals surface area contributed by atoms with Crippen LogP contribution in [0.4, 0.5) is 5.82 Å². The van der Waals surface area contributed by atoms with Crippen molar-refractivity contribution in [2.24, 2.45) is 5.73 Å². The minimum Gasteiger partial charge on any atom is -0.382 e. The van der Waals surface area contributed by atoms with Crippen LogP contribution in [-0.2, 0) is 0 Å². The number of anilines is 1. The predicted molar refractivity (Wildman–Crippen MR) is 96.5 cm³/mol. The lowest BCUT2D eigenvalue weighted by atomic mass is 10.1. The van der Waals surface area contributed by atoms with E-state index in [1.54, 1.807) is 18.3 Å². The number of H-pyrrole nitrogens is 1. The van der Waals surface area contributed by atoms with Gasteiger partial charge >= 0.3 is 0 Å². The molecule has 0 fully saturated rings. The number of pyridine rings is 1. The third kappa shape index (κ3) is 6.02. The second-order valence-corrected chi connectivity index (χ2v) is 5.22. The summed E-state index contributed by atoms with van der Waals surface area (Å²) in [5.74, 6) is -0.00870. The van der Waals surface area contributed by atoms with Gasteiger partial charge in [0.2, 0.25) is 5.91 Å². The normalized spacial score (nSPS) is 12.5. The highest BCUT2D eigenvalue weighted by Gasteiger charge is 1.99. The number of nitrogens with zero attached hydrogens (tertiary/aromatic N) is 4. The number of carbonyl (C=O) groups is 1. The Kier molecular flexibility index (Phi) is 7.05. The molecule has 3 heterocycles. The Bertz CT molecular complexity index is 806. The number of nitrogen functional groups attached to an aromatic ring is 1. The first-order valence-electron chi connectivity index (χ1n) is 7.93. The number of nitrogens with one attached hydrogen (secondary N) is 1. The van der Waals surface area contributed by atoms with Gasteiger partial charge in [-0.1, -0.05) is 12.2 Å². The molecule has 0 radical (unpaired) electrons. The van der Waals surface area contributed by atoms with Crippen LogP contribution in [0.2, 0.25) is 0 Å². The fourth-order valence-electron chi connectivity index (χ4n) is 2.05. The van der Waals surface area contributed by atoms with Gasteiger partial charge in [-0.15, -0.1) is 0 Å². The Morgan fingerprint density at radius 3 is 2.36 bits per heavy atom. The van der Waals surface area contributed by atoms with Crippen LogP contribution in [0.1, 0.15) is 36.0 Å². The predicted octanol–water partition coefficient (Wildman–Crippen LogP) is 2.23. The van der Waals surface area contributed by atoms with Crippen LogP contribution in [0, 0.1) is 0 Å². The zero-order chi connectivity index (χ0) is 17.9. The van der Waals surface area contributed by atoms with E-state index in [4.69, 9.17) is 11.5 Å². The Balaban J connectivity index is 0.000000140. The number of allylic oxidation sites excluding steroid dienone is 2. The molecule has 25 heavy (non-hydrogen) atoms. The van der Waals surface area contributed by atoms with Crippen molar-refractivity contribution >= 4 is 22.9 Å². The van der Waals surface area contributed by atoms with Crippen LogP contribution in [0.5, 0.6) is 0 Å². The quantitative estimate of drug-likeness (QED) is 0.581. The minimum atomic E-state index is -0.442. The van der Waals surface area contributed by atoms with E-state index in [1.807, 2.05) is 0 Å². The molecular weight excluding hydrogens is 318 g/mol. The van der Waals surface area contributed by atoms with Crippen LogP contribution in [0.25, 0.3) is 11.2 Å². The number of amides is 1. The highest BCUT2D eigenvalue weighted by Crippen LogP contribution is 2.09. The van der Waals surface area contributed by atoms with Gasteiger partial charge in [0, 0.05) is 12.4 Å². The van der Waals surface area contributed by atoms with Crippen LogP contribution < -0.4 is 11.5 Å². The molecule has 0 spiro atoms. The summed E-state index contributed by atoms with van der Waals surface area (Å²) in [4.78, 5) is 28.5. The van der Waals surface area contributed by atoms with E-state index in [1.165, 1.54) is 44.5 Å². The molecule has 0 atom stereocenters. The molecule has 4 rings (SSSR count). The van der Waals surface area contributed by atoms with E-state index < -0.39 is 5.91 Å². The smallest absolute Gasteiger partial charge is 0.250 e. The monoisotopic (exact) mass is 339 g/mol. The standard InChI is InChI=1S/C6H6N2O.C6H10.C5H5N5/c7-6(9)5-2-1-3-8-4-5;1-2-4-6-5-3-1;6-4-3-5(9-1-7-3)10-2-8-4/h1-4H,(H2,7,9);1-2H,3-6H2;1-2H,(H3,6,7,8,9,10). The van der Waals surface area contributed by atoms with E-state index in [0.717, 1.165) is 0 Å². The van der Waals surface area contributed by atoms with Crippen LogP contribution >= 0.6 is 0 Å². The highest BCUT2D eigenvalue weighted by atomic mass is 16.1. The maximum absolute atomic E-state index is 10.4. The number of imidazole rings is 1. The summed E-state index contributed by atoms with van der Waals surface area (Å²) in [5, 5.41) is 0. The third-order valence-electron chi connectivity index (χ3n) is 3.36. The van der Waals surface area contributed by atoms with Crippen molar-refractivity contribution in [3.63, 3.8) is 0 Å². The van der Waals surface area contributed by atoms with Crippen molar-refractivity contribution in [3.8, 4) is 0 Å². The number of aromatic nitrogens is 5. The summed E-state index contributed by atoms with van der Waals surface area (Å²) in [5.41, 5.74) is 12.2. The van der Waals surface area contributed by atoms with Gasteiger partial charge in [0.05, 0.1) is 11.9 Å². The average Bonchev–Trinajstić information content (AvgIpc) is 3.15. The maximum atomic E-state index is 10.4. The molecule has 1 aliphatic rings. The number of aromatic amines is 1. The molecule has 3 aromatic heterocycles. The lowest BCUT2D eigenvalue weighted by molar-refractivity contribution is 0.1000. The second kappa shape index (κ2) is 9.76. The molecule has 1 aliphatic carbocycles. The number of carbonyl (C=O) groups excluding carboxylic acids is 1. The number of hydrogen-bond acceptors (Lipinski definition) is 6. The lowest BCUT2D eigenvalue weighted by Gasteiger charge is -1.97.